The van der Waals surface area contributed by atoms with Crippen molar-refractivity contribution in [3.8, 4) is 0 Å². The maximum absolute atomic E-state index is 12.3. The van der Waals surface area contributed by atoms with E-state index in [0.717, 1.165) is 83.6 Å². The van der Waals surface area contributed by atoms with Gasteiger partial charge in [-0.05, 0) is 57.9 Å². The Balaban J connectivity index is 3.72. The van der Waals surface area contributed by atoms with Crippen molar-refractivity contribution in [1.29, 1.82) is 0 Å². The van der Waals surface area contributed by atoms with Crippen molar-refractivity contribution >= 4 is 44.4 Å². The molecule has 0 aliphatic heterocycles. The first-order valence-corrected chi connectivity index (χ1v) is 20.9. The summed E-state index contributed by atoms with van der Waals surface area (Å²) in [4.78, 5) is 70.3. The summed E-state index contributed by atoms with van der Waals surface area (Å²) in [5.41, 5.74) is 0.0555. The molecular formula is C39H73N4O8P. The topological polar surface area (TPSA) is 191 Å². The van der Waals surface area contributed by atoms with Gasteiger partial charge < -0.3 is 31.5 Å². The molecule has 0 aliphatic rings. The summed E-state index contributed by atoms with van der Waals surface area (Å²) in [6.07, 6.45) is 23.7. The Bertz CT molecular complexity index is 984. The Morgan fingerprint density at radius 3 is 1.33 bits per heavy atom. The lowest BCUT2D eigenvalue weighted by atomic mass is 10.0. The highest BCUT2D eigenvalue weighted by Crippen LogP contribution is 2.15. The van der Waals surface area contributed by atoms with E-state index < -0.39 is 18.0 Å². The molecule has 0 radical (unpaired) electrons. The molecule has 0 saturated heterocycles. The molecule has 0 rings (SSSR count). The lowest BCUT2D eigenvalue weighted by Gasteiger charge is -2.14. The maximum Gasteiger partial charge on any atom is 0.326 e. The second-order valence-corrected chi connectivity index (χ2v) is 14.6. The number of carboxylic acids is 2. The number of hydrogen-bond donors (Lipinski definition) is 6. The summed E-state index contributed by atoms with van der Waals surface area (Å²) < 4.78 is 0. The van der Waals surface area contributed by atoms with E-state index in [0.29, 0.717) is 25.9 Å². The van der Waals surface area contributed by atoms with Crippen LogP contribution in [0.25, 0.3) is 0 Å². The zero-order chi connectivity index (χ0) is 38.7. The first-order valence-electron chi connectivity index (χ1n) is 20.4. The smallest absolute Gasteiger partial charge is 0.326 e. The number of likely N-dealkylation sites (N-methyl/N-ethyl adjacent to an activating group) is 1. The van der Waals surface area contributed by atoms with Crippen molar-refractivity contribution in [3.63, 3.8) is 0 Å². The van der Waals surface area contributed by atoms with Gasteiger partial charge in [-0.1, -0.05) is 112 Å². The lowest BCUT2D eigenvalue weighted by Crippen LogP contribution is -2.41. The summed E-state index contributed by atoms with van der Waals surface area (Å²) in [5.74, 6) is -2.39. The third kappa shape index (κ3) is 33.3. The van der Waals surface area contributed by atoms with Crippen LogP contribution in [0, 0.1) is 0 Å². The van der Waals surface area contributed by atoms with E-state index in [-0.39, 0.29) is 55.0 Å². The highest BCUT2D eigenvalue weighted by molar-refractivity contribution is 7.40. The van der Waals surface area contributed by atoms with E-state index in [4.69, 9.17) is 5.11 Å². The van der Waals surface area contributed by atoms with Crippen LogP contribution >= 0.6 is 9.24 Å². The average molecular weight is 757 g/mol. The molecule has 3 amide bonds. The Hall–Kier alpha value is -2.59. The van der Waals surface area contributed by atoms with Gasteiger partial charge in [0.2, 0.25) is 17.7 Å². The minimum Gasteiger partial charge on any atom is -0.481 e. The molecule has 0 saturated carbocycles. The highest BCUT2D eigenvalue weighted by atomic mass is 31.0. The molecule has 0 aromatic carbocycles. The number of carbonyl (C=O) groups excluding carboxylic acids is 4. The molecule has 1 unspecified atom stereocenters. The van der Waals surface area contributed by atoms with Crippen LogP contribution in [0.5, 0.6) is 0 Å². The van der Waals surface area contributed by atoms with Crippen molar-refractivity contribution in [2.45, 2.75) is 192 Å². The third-order valence-corrected chi connectivity index (χ3v) is 9.68. The van der Waals surface area contributed by atoms with Gasteiger partial charge in [0.05, 0.1) is 6.04 Å². The van der Waals surface area contributed by atoms with E-state index in [9.17, 15) is 33.9 Å². The largest absolute Gasteiger partial charge is 0.481 e. The molecule has 0 aromatic heterocycles. The predicted molar refractivity (Wildman–Crippen MR) is 210 cm³/mol. The lowest BCUT2D eigenvalue weighted by molar-refractivity contribution is -0.142. The van der Waals surface area contributed by atoms with Crippen LogP contribution in [0.15, 0.2) is 0 Å². The van der Waals surface area contributed by atoms with Gasteiger partial charge in [-0.2, -0.15) is 0 Å². The molecule has 13 heteroatoms. The number of hydrogen-bond acceptors (Lipinski definition) is 7. The highest BCUT2D eigenvalue weighted by Gasteiger charge is 2.21. The fourth-order valence-electron chi connectivity index (χ4n) is 6.12. The zero-order valence-corrected chi connectivity index (χ0v) is 33.4. The van der Waals surface area contributed by atoms with Crippen LogP contribution in [0.2, 0.25) is 0 Å². The first kappa shape index (κ1) is 49.4. The molecule has 3 atom stereocenters. The SMILES string of the molecule is CCN[C@@H](CCCCNC(=O)CCCCCNC(=O)CC[C@H](NC(=O)CCCCCCCCCCCCCCCCCCC(=O)O)C(=O)O)C(=O)P. The normalized spacial score (nSPS) is 12.2. The monoisotopic (exact) mass is 757 g/mol. The number of unbranched alkanes of at least 4 members (excludes halogenated alkanes) is 18. The van der Waals surface area contributed by atoms with Crippen molar-refractivity contribution in [2.75, 3.05) is 19.6 Å². The molecule has 0 heterocycles. The van der Waals surface area contributed by atoms with E-state index in [1.54, 1.807) is 0 Å². The summed E-state index contributed by atoms with van der Waals surface area (Å²) in [6, 6.07) is -1.24. The van der Waals surface area contributed by atoms with E-state index >= 15 is 0 Å². The van der Waals surface area contributed by atoms with Crippen LogP contribution in [0.3, 0.4) is 0 Å². The summed E-state index contributed by atoms with van der Waals surface area (Å²) in [5, 5.41) is 29.6. The van der Waals surface area contributed by atoms with Gasteiger partial charge in [0.25, 0.3) is 0 Å². The average Bonchev–Trinajstić information content (AvgIpc) is 3.09. The fourth-order valence-corrected chi connectivity index (χ4v) is 6.40. The molecule has 0 fully saturated rings. The Morgan fingerprint density at radius 1 is 0.481 bits per heavy atom. The second kappa shape index (κ2) is 35.4. The van der Waals surface area contributed by atoms with E-state index in [2.05, 4.69) is 30.5 Å². The summed E-state index contributed by atoms with van der Waals surface area (Å²) in [6.45, 7) is 3.74. The van der Waals surface area contributed by atoms with Crippen molar-refractivity contribution in [2.24, 2.45) is 0 Å². The van der Waals surface area contributed by atoms with Crippen LogP contribution in [0.1, 0.15) is 180 Å². The molecule has 6 N–H and O–H groups in total. The molecule has 0 bridgehead atoms. The quantitative estimate of drug-likeness (QED) is 0.0291. The van der Waals surface area contributed by atoms with Gasteiger partial charge in [0.1, 0.15) is 6.04 Å². The molecule has 0 spiro atoms. The number of nitrogens with one attached hydrogen (secondary N) is 4. The van der Waals surface area contributed by atoms with Gasteiger partial charge in [-0.15, -0.1) is 0 Å². The van der Waals surface area contributed by atoms with Crippen LogP contribution in [-0.2, 0) is 28.8 Å². The van der Waals surface area contributed by atoms with Gasteiger partial charge in [0, 0.05) is 38.8 Å². The number of carbonyl (C=O) groups is 6. The number of aliphatic carboxylic acids is 2. The van der Waals surface area contributed by atoms with Crippen LogP contribution in [0.4, 0.5) is 0 Å². The maximum atomic E-state index is 12.3. The molecule has 0 aliphatic carbocycles. The number of carboxylic acid groups (broad SMARTS) is 2. The Morgan fingerprint density at radius 2 is 0.885 bits per heavy atom. The van der Waals surface area contributed by atoms with Crippen molar-refractivity contribution in [3.05, 3.63) is 0 Å². The second-order valence-electron chi connectivity index (χ2n) is 14.1. The number of amides is 3. The summed E-state index contributed by atoms with van der Waals surface area (Å²) >= 11 is 0. The van der Waals surface area contributed by atoms with Gasteiger partial charge >= 0.3 is 11.9 Å². The molecule has 0 aromatic rings. The molecule has 12 nitrogen and oxygen atoms in total. The van der Waals surface area contributed by atoms with Gasteiger partial charge in [-0.3, -0.25) is 24.0 Å². The third-order valence-electron chi connectivity index (χ3n) is 9.28. The fraction of sp³-hybridized carbons (Fsp3) is 0.846. The van der Waals surface area contributed by atoms with Crippen LogP contribution in [-0.4, -0.2) is 77.1 Å². The van der Waals surface area contributed by atoms with Crippen molar-refractivity contribution < 1.29 is 39.0 Å². The Labute approximate surface area is 316 Å². The minimum atomic E-state index is -1.14. The molecule has 52 heavy (non-hydrogen) atoms. The Kier molecular flexibility index (Phi) is 33.7. The minimum absolute atomic E-state index is 0.00283. The molecule has 302 valence electrons. The van der Waals surface area contributed by atoms with Gasteiger partial charge in [-0.25, -0.2) is 4.79 Å². The predicted octanol–water partition coefficient (Wildman–Crippen LogP) is 6.79. The first-order chi connectivity index (χ1) is 25.1. The van der Waals surface area contributed by atoms with Crippen LogP contribution < -0.4 is 21.3 Å². The number of rotatable bonds is 38. The van der Waals surface area contributed by atoms with E-state index in [1.807, 2.05) is 6.92 Å². The van der Waals surface area contributed by atoms with Crippen molar-refractivity contribution in [1.82, 2.24) is 21.3 Å². The van der Waals surface area contributed by atoms with E-state index in [1.165, 1.54) is 57.8 Å². The summed E-state index contributed by atoms with van der Waals surface area (Å²) in [7, 11) is 2.22. The standard InChI is InChI=1S/C39H73N4O8P/c1-2-40-33(39(51)52)24-21-23-31-41-34(44)25-19-17-22-30-42-35(45)29-28-32(38(49)50)43-36(46)26-18-15-13-11-9-7-5-3-4-6-8-10-12-14-16-20-27-37(47)48/h32-33,40H,2-31,52H2,1H3,(H,41,44)(H,42,45)(H,43,46)(H,47,48)(H,49,50)/t32-,33-/m0/s1. The molecular weight excluding hydrogens is 683 g/mol. The zero-order valence-electron chi connectivity index (χ0n) is 32.3. The van der Waals surface area contributed by atoms with Gasteiger partial charge in [0.15, 0.2) is 5.52 Å².